The number of benzene rings is 2. The summed E-state index contributed by atoms with van der Waals surface area (Å²) in [5.74, 6) is 0.440. The maximum Gasteiger partial charge on any atom is 0.125 e. The molecule has 4 rings (SSSR count). The van der Waals surface area contributed by atoms with E-state index in [9.17, 15) is 10.2 Å². The van der Waals surface area contributed by atoms with Crippen molar-refractivity contribution in [2.24, 2.45) is 15.7 Å². The zero-order chi connectivity index (χ0) is 25.3. The number of nitrogens with two attached hydrogens (primary N) is 1. The fraction of sp³-hybridized carbons (Fsp3) is 0.345. The third-order valence-corrected chi connectivity index (χ3v) is 6.53. The first-order valence-electron chi connectivity index (χ1n) is 12.7. The molecule has 0 aliphatic heterocycles. The summed E-state index contributed by atoms with van der Waals surface area (Å²) in [6.45, 7) is 4.73. The third kappa shape index (κ3) is 5.57. The Hall–Kier alpha value is -3.71. The number of nitrogens with zero attached hydrogens (tertiary/aromatic N) is 4. The number of aromatic hydroxyl groups is 2. The molecule has 1 aliphatic rings. The van der Waals surface area contributed by atoms with Crippen LogP contribution in [-0.2, 0) is 6.54 Å². The molecule has 0 fully saturated rings. The van der Waals surface area contributed by atoms with Gasteiger partial charge in [-0.2, -0.15) is 0 Å². The summed E-state index contributed by atoms with van der Waals surface area (Å²) in [6.07, 6.45) is 11.9. The second-order valence-corrected chi connectivity index (χ2v) is 8.90. The number of rotatable bonds is 11. The summed E-state index contributed by atoms with van der Waals surface area (Å²) in [5, 5.41) is 22.0. The number of imidazole rings is 1. The van der Waals surface area contributed by atoms with Crippen LogP contribution in [0.1, 0.15) is 61.3 Å². The lowest BCUT2D eigenvalue weighted by Crippen LogP contribution is -2.18. The van der Waals surface area contributed by atoms with Crippen LogP contribution in [0.25, 0.3) is 5.57 Å². The van der Waals surface area contributed by atoms with Crippen molar-refractivity contribution in [3.05, 3.63) is 82.9 Å². The Morgan fingerprint density at radius 3 is 2.50 bits per heavy atom. The highest BCUT2D eigenvalue weighted by atomic mass is 16.3. The maximum absolute atomic E-state index is 11.1. The van der Waals surface area contributed by atoms with E-state index in [0.29, 0.717) is 19.6 Å². The van der Waals surface area contributed by atoms with Gasteiger partial charge in [-0.05, 0) is 55.4 Å². The molecule has 4 N–H and O–H groups in total. The van der Waals surface area contributed by atoms with Crippen LogP contribution in [0.4, 0.5) is 0 Å². The van der Waals surface area contributed by atoms with Crippen molar-refractivity contribution in [2.45, 2.75) is 45.6 Å². The predicted octanol–water partition coefficient (Wildman–Crippen LogP) is 4.95. The average molecular weight is 486 g/mol. The minimum atomic E-state index is 0.203. The van der Waals surface area contributed by atoms with Crippen molar-refractivity contribution in [1.29, 1.82) is 0 Å². The Labute approximate surface area is 212 Å². The topological polar surface area (TPSA) is 109 Å². The number of aromatic nitrogens is 2. The van der Waals surface area contributed by atoms with Gasteiger partial charge in [-0.15, -0.1) is 0 Å². The van der Waals surface area contributed by atoms with Gasteiger partial charge in [0.1, 0.15) is 11.5 Å². The molecule has 36 heavy (non-hydrogen) atoms. The maximum atomic E-state index is 11.1. The van der Waals surface area contributed by atoms with E-state index in [4.69, 9.17) is 10.7 Å². The first kappa shape index (κ1) is 25.4. The lowest BCUT2D eigenvalue weighted by Gasteiger charge is -2.28. The summed E-state index contributed by atoms with van der Waals surface area (Å²) in [6, 6.07) is 11.2. The molecule has 1 heterocycles. The Kier molecular flexibility index (Phi) is 8.68. The number of hydrogen-bond acceptors (Lipinski definition) is 6. The van der Waals surface area contributed by atoms with E-state index in [2.05, 4.69) is 21.5 Å². The van der Waals surface area contributed by atoms with Gasteiger partial charge in [-0.3, -0.25) is 9.98 Å². The van der Waals surface area contributed by atoms with Gasteiger partial charge in [-0.25, -0.2) is 4.98 Å². The fourth-order valence-electron chi connectivity index (χ4n) is 4.85. The average Bonchev–Trinajstić information content (AvgIpc) is 3.40. The summed E-state index contributed by atoms with van der Waals surface area (Å²) < 4.78 is 2.10. The van der Waals surface area contributed by atoms with Gasteiger partial charge in [0.25, 0.3) is 0 Å². The van der Waals surface area contributed by atoms with Crippen LogP contribution in [0, 0.1) is 0 Å². The van der Waals surface area contributed by atoms with Crippen molar-refractivity contribution >= 4 is 17.5 Å². The minimum Gasteiger partial charge on any atom is -0.507 e. The highest BCUT2D eigenvalue weighted by Gasteiger charge is 2.31. The van der Waals surface area contributed by atoms with Gasteiger partial charge in [-0.1, -0.05) is 36.8 Å². The molecule has 2 aromatic carbocycles. The van der Waals surface area contributed by atoms with Crippen LogP contribution in [0.5, 0.6) is 11.5 Å². The third-order valence-electron chi connectivity index (χ3n) is 6.53. The van der Waals surface area contributed by atoms with E-state index >= 15 is 0 Å². The molecular formula is C29H35N5O2. The van der Waals surface area contributed by atoms with Gasteiger partial charge in [0.15, 0.2) is 0 Å². The standard InChI is InChI=1S/C29H35N5O2/c1-2-21(8-3-4-18-34-19-17-32-20-34)26-22-9-5-12-25(36)28(22)29(33-15-7-14-31-16-13-30)23-10-6-11-24(35)27(23)26/h5-6,9-12,16-17,19-20,35-36H,2-4,7-8,13-15,18,30H2,1H3. The molecule has 1 aliphatic carbocycles. The van der Waals surface area contributed by atoms with Crippen molar-refractivity contribution in [3.8, 4) is 11.5 Å². The van der Waals surface area contributed by atoms with Crippen LogP contribution >= 0.6 is 0 Å². The molecule has 0 radical (unpaired) electrons. The highest BCUT2D eigenvalue weighted by molar-refractivity contribution is 6.23. The van der Waals surface area contributed by atoms with Crippen LogP contribution in [-0.4, -0.2) is 51.3 Å². The molecule has 188 valence electrons. The van der Waals surface area contributed by atoms with E-state index in [1.165, 1.54) is 5.57 Å². The quantitative estimate of drug-likeness (QED) is 0.206. The Balaban J connectivity index is 1.72. The van der Waals surface area contributed by atoms with Gasteiger partial charge in [0, 0.05) is 61.5 Å². The van der Waals surface area contributed by atoms with Crippen LogP contribution in [0.3, 0.4) is 0 Å². The van der Waals surface area contributed by atoms with E-state index in [1.54, 1.807) is 24.5 Å². The smallest absolute Gasteiger partial charge is 0.125 e. The first-order chi connectivity index (χ1) is 17.7. The molecule has 0 spiro atoms. The van der Waals surface area contributed by atoms with E-state index in [1.807, 2.05) is 36.8 Å². The number of aryl methyl sites for hydroxylation is 1. The highest BCUT2D eigenvalue weighted by Crippen LogP contribution is 2.46. The Morgan fingerprint density at radius 1 is 1.00 bits per heavy atom. The van der Waals surface area contributed by atoms with E-state index < -0.39 is 0 Å². The Morgan fingerprint density at radius 2 is 1.78 bits per heavy atom. The molecule has 0 saturated heterocycles. The molecule has 7 heteroatoms. The minimum absolute atomic E-state index is 0.203. The lowest BCUT2D eigenvalue weighted by molar-refractivity contribution is 0.471. The normalized spacial score (nSPS) is 15.3. The van der Waals surface area contributed by atoms with Crippen molar-refractivity contribution in [3.63, 3.8) is 0 Å². The van der Waals surface area contributed by atoms with Crippen molar-refractivity contribution < 1.29 is 10.2 Å². The van der Waals surface area contributed by atoms with Gasteiger partial charge < -0.3 is 20.5 Å². The number of unbranched alkanes of at least 4 members (excludes halogenated alkanes) is 1. The van der Waals surface area contributed by atoms with Crippen LogP contribution in [0.15, 0.2) is 70.7 Å². The SMILES string of the molecule is CCC(CCCCn1ccnc1)=C1c2cccc(O)c2C(=NCCCN=CCN)c2cccc(O)c21. The van der Waals surface area contributed by atoms with E-state index in [0.717, 1.165) is 72.2 Å². The monoisotopic (exact) mass is 485 g/mol. The zero-order valence-electron chi connectivity index (χ0n) is 20.9. The Bertz CT molecular complexity index is 1260. The number of aliphatic imine (C=N–C) groups is 2. The second-order valence-electron chi connectivity index (χ2n) is 8.90. The number of fused-ring (bicyclic) bond motifs is 2. The van der Waals surface area contributed by atoms with Gasteiger partial charge in [0.05, 0.1) is 12.0 Å². The van der Waals surface area contributed by atoms with Gasteiger partial charge >= 0.3 is 0 Å². The first-order valence-corrected chi connectivity index (χ1v) is 12.7. The number of phenolic OH excluding ortho intramolecular Hbond substituents is 2. The van der Waals surface area contributed by atoms with Crippen LogP contribution in [0.2, 0.25) is 0 Å². The number of hydrogen-bond donors (Lipinski definition) is 3. The molecule has 1 aromatic heterocycles. The van der Waals surface area contributed by atoms with Crippen molar-refractivity contribution in [2.75, 3.05) is 19.6 Å². The number of allylic oxidation sites excluding steroid dienone is 1. The van der Waals surface area contributed by atoms with Crippen molar-refractivity contribution in [1.82, 2.24) is 9.55 Å². The summed E-state index contributed by atoms with van der Waals surface area (Å²) >= 11 is 0. The molecule has 0 amide bonds. The molecule has 0 unspecified atom stereocenters. The summed E-state index contributed by atoms with van der Waals surface area (Å²) in [5.41, 5.74) is 11.8. The van der Waals surface area contributed by atoms with E-state index in [-0.39, 0.29) is 11.5 Å². The molecule has 0 bridgehead atoms. The second kappa shape index (κ2) is 12.3. The van der Waals surface area contributed by atoms with Gasteiger partial charge in [0.2, 0.25) is 0 Å². The number of phenols is 2. The predicted molar refractivity (Wildman–Crippen MR) is 146 cm³/mol. The lowest BCUT2D eigenvalue weighted by atomic mass is 9.77. The molecule has 3 aromatic rings. The largest absolute Gasteiger partial charge is 0.507 e. The fourth-order valence-corrected chi connectivity index (χ4v) is 4.85. The summed E-state index contributed by atoms with van der Waals surface area (Å²) in [4.78, 5) is 13.3. The van der Waals surface area contributed by atoms with Crippen LogP contribution < -0.4 is 5.73 Å². The summed E-state index contributed by atoms with van der Waals surface area (Å²) in [7, 11) is 0. The molecular weight excluding hydrogens is 450 g/mol. The molecule has 0 atom stereocenters. The molecule has 0 saturated carbocycles. The molecule has 7 nitrogen and oxygen atoms in total. The zero-order valence-corrected chi connectivity index (χ0v) is 20.9.